The third-order valence-corrected chi connectivity index (χ3v) is 1.87. The summed E-state index contributed by atoms with van der Waals surface area (Å²) in [6.07, 6.45) is 1.28. The summed E-state index contributed by atoms with van der Waals surface area (Å²) in [5, 5.41) is 8.65. The first kappa shape index (κ1) is 11.6. The maximum atomic E-state index is 11.0. The SMILES string of the molecule is CCOCCC(CCO)C(C)=O. The van der Waals surface area contributed by atoms with E-state index in [1.807, 2.05) is 6.92 Å². The van der Waals surface area contributed by atoms with Crippen molar-refractivity contribution in [3.63, 3.8) is 0 Å². The molecule has 0 saturated carbocycles. The monoisotopic (exact) mass is 174 g/mol. The molecule has 1 unspecified atom stereocenters. The predicted molar refractivity (Wildman–Crippen MR) is 47.0 cm³/mol. The molecular weight excluding hydrogens is 156 g/mol. The van der Waals surface area contributed by atoms with Gasteiger partial charge in [0.25, 0.3) is 0 Å². The molecular formula is C9H18O3. The van der Waals surface area contributed by atoms with Gasteiger partial charge < -0.3 is 9.84 Å². The highest BCUT2D eigenvalue weighted by atomic mass is 16.5. The minimum Gasteiger partial charge on any atom is -0.396 e. The van der Waals surface area contributed by atoms with Crippen LogP contribution in [0.5, 0.6) is 0 Å². The van der Waals surface area contributed by atoms with Crippen LogP contribution in [0.15, 0.2) is 0 Å². The Morgan fingerprint density at radius 1 is 1.50 bits per heavy atom. The fourth-order valence-electron chi connectivity index (χ4n) is 1.08. The van der Waals surface area contributed by atoms with Crippen molar-refractivity contribution < 1.29 is 14.6 Å². The van der Waals surface area contributed by atoms with E-state index in [4.69, 9.17) is 9.84 Å². The van der Waals surface area contributed by atoms with Gasteiger partial charge in [-0.25, -0.2) is 0 Å². The van der Waals surface area contributed by atoms with Gasteiger partial charge in [-0.05, 0) is 26.7 Å². The summed E-state index contributed by atoms with van der Waals surface area (Å²) >= 11 is 0. The van der Waals surface area contributed by atoms with Gasteiger partial charge in [0.2, 0.25) is 0 Å². The zero-order chi connectivity index (χ0) is 9.40. The summed E-state index contributed by atoms with van der Waals surface area (Å²) in [6, 6.07) is 0. The van der Waals surface area contributed by atoms with Crippen molar-refractivity contribution >= 4 is 5.78 Å². The van der Waals surface area contributed by atoms with E-state index < -0.39 is 0 Å². The van der Waals surface area contributed by atoms with Gasteiger partial charge in [-0.2, -0.15) is 0 Å². The lowest BCUT2D eigenvalue weighted by Crippen LogP contribution is -2.15. The van der Waals surface area contributed by atoms with Crippen LogP contribution in [0, 0.1) is 5.92 Å². The summed E-state index contributed by atoms with van der Waals surface area (Å²) in [5.41, 5.74) is 0. The maximum Gasteiger partial charge on any atom is 0.133 e. The summed E-state index contributed by atoms with van der Waals surface area (Å²) < 4.78 is 5.13. The molecule has 0 heterocycles. The van der Waals surface area contributed by atoms with Crippen LogP contribution in [0.1, 0.15) is 26.7 Å². The molecule has 0 spiro atoms. The topological polar surface area (TPSA) is 46.5 Å². The molecule has 0 aromatic carbocycles. The summed E-state index contributed by atoms with van der Waals surface area (Å²) in [7, 11) is 0. The molecule has 0 aliphatic heterocycles. The zero-order valence-corrected chi connectivity index (χ0v) is 7.88. The van der Waals surface area contributed by atoms with Gasteiger partial charge in [0, 0.05) is 25.7 Å². The van der Waals surface area contributed by atoms with E-state index in [0.717, 1.165) is 6.42 Å². The molecule has 1 atom stereocenters. The number of rotatable bonds is 7. The molecule has 0 aliphatic rings. The molecule has 0 aliphatic carbocycles. The maximum absolute atomic E-state index is 11.0. The Morgan fingerprint density at radius 2 is 2.17 bits per heavy atom. The molecule has 0 amide bonds. The minimum absolute atomic E-state index is 0.0263. The largest absolute Gasteiger partial charge is 0.396 e. The second kappa shape index (κ2) is 7.25. The zero-order valence-electron chi connectivity index (χ0n) is 7.88. The van der Waals surface area contributed by atoms with Crippen molar-refractivity contribution in [1.29, 1.82) is 0 Å². The quantitative estimate of drug-likeness (QED) is 0.586. The standard InChI is InChI=1S/C9H18O3/c1-3-12-7-5-9(4-6-10)8(2)11/h9-10H,3-7H2,1-2H3. The molecule has 0 radical (unpaired) electrons. The molecule has 3 nitrogen and oxygen atoms in total. The molecule has 0 bridgehead atoms. The van der Waals surface area contributed by atoms with Crippen molar-refractivity contribution in [2.75, 3.05) is 19.8 Å². The molecule has 0 fully saturated rings. The van der Waals surface area contributed by atoms with E-state index in [0.29, 0.717) is 19.6 Å². The van der Waals surface area contributed by atoms with Gasteiger partial charge in [-0.3, -0.25) is 4.79 Å². The van der Waals surface area contributed by atoms with E-state index in [9.17, 15) is 4.79 Å². The van der Waals surface area contributed by atoms with Gasteiger partial charge in [-0.1, -0.05) is 0 Å². The Balaban J connectivity index is 3.56. The predicted octanol–water partition coefficient (Wildman–Crippen LogP) is 1.00. The highest BCUT2D eigenvalue weighted by Gasteiger charge is 2.12. The number of hydrogen-bond acceptors (Lipinski definition) is 3. The second-order valence-corrected chi connectivity index (χ2v) is 2.81. The van der Waals surface area contributed by atoms with E-state index >= 15 is 0 Å². The Hall–Kier alpha value is -0.410. The molecule has 1 N–H and O–H groups in total. The van der Waals surface area contributed by atoms with Crippen molar-refractivity contribution in [3.8, 4) is 0 Å². The number of hydrogen-bond donors (Lipinski definition) is 1. The molecule has 0 saturated heterocycles. The van der Waals surface area contributed by atoms with Crippen LogP contribution in [0.3, 0.4) is 0 Å². The van der Waals surface area contributed by atoms with E-state index in [1.54, 1.807) is 6.92 Å². The fraction of sp³-hybridized carbons (Fsp3) is 0.889. The van der Waals surface area contributed by atoms with Gasteiger partial charge in [0.05, 0.1) is 0 Å². The van der Waals surface area contributed by atoms with E-state index in [2.05, 4.69) is 0 Å². The minimum atomic E-state index is -0.0263. The average molecular weight is 174 g/mol. The molecule has 0 rings (SSSR count). The van der Waals surface area contributed by atoms with Crippen LogP contribution >= 0.6 is 0 Å². The number of carbonyl (C=O) groups excluding carboxylic acids is 1. The fourth-order valence-corrected chi connectivity index (χ4v) is 1.08. The Morgan fingerprint density at radius 3 is 2.58 bits per heavy atom. The summed E-state index contributed by atoms with van der Waals surface area (Å²) in [4.78, 5) is 11.0. The normalized spacial score (nSPS) is 12.9. The third kappa shape index (κ3) is 5.27. The van der Waals surface area contributed by atoms with Gasteiger partial charge in [0.15, 0.2) is 0 Å². The van der Waals surface area contributed by atoms with Crippen molar-refractivity contribution in [2.45, 2.75) is 26.7 Å². The highest BCUT2D eigenvalue weighted by Crippen LogP contribution is 2.09. The van der Waals surface area contributed by atoms with E-state index in [1.165, 1.54) is 0 Å². The third-order valence-electron chi connectivity index (χ3n) is 1.87. The lowest BCUT2D eigenvalue weighted by molar-refractivity contribution is -0.121. The van der Waals surface area contributed by atoms with Crippen LogP contribution in [0.2, 0.25) is 0 Å². The molecule has 3 heteroatoms. The van der Waals surface area contributed by atoms with Crippen LogP contribution in [0.4, 0.5) is 0 Å². The smallest absolute Gasteiger partial charge is 0.133 e. The average Bonchev–Trinajstić information content (AvgIpc) is 2.03. The van der Waals surface area contributed by atoms with E-state index in [-0.39, 0.29) is 18.3 Å². The number of Topliss-reactive ketones (excluding diaryl/α,β-unsaturated/α-hetero) is 1. The number of aliphatic hydroxyl groups is 1. The van der Waals surface area contributed by atoms with Crippen LogP contribution < -0.4 is 0 Å². The lowest BCUT2D eigenvalue weighted by atomic mass is 9.98. The van der Waals surface area contributed by atoms with Crippen molar-refractivity contribution in [3.05, 3.63) is 0 Å². The van der Waals surface area contributed by atoms with Gasteiger partial charge in [-0.15, -0.1) is 0 Å². The molecule has 12 heavy (non-hydrogen) atoms. The van der Waals surface area contributed by atoms with Gasteiger partial charge >= 0.3 is 0 Å². The van der Waals surface area contributed by atoms with Crippen LogP contribution in [0.25, 0.3) is 0 Å². The van der Waals surface area contributed by atoms with Crippen LogP contribution in [-0.4, -0.2) is 30.7 Å². The van der Waals surface area contributed by atoms with Gasteiger partial charge in [0.1, 0.15) is 5.78 Å². The molecule has 72 valence electrons. The highest BCUT2D eigenvalue weighted by molar-refractivity contribution is 5.78. The Labute approximate surface area is 73.7 Å². The van der Waals surface area contributed by atoms with Crippen LogP contribution in [-0.2, 0) is 9.53 Å². The van der Waals surface area contributed by atoms with Crippen molar-refractivity contribution in [2.24, 2.45) is 5.92 Å². The first-order valence-corrected chi connectivity index (χ1v) is 4.41. The first-order valence-electron chi connectivity index (χ1n) is 4.41. The number of carbonyl (C=O) groups is 1. The Kier molecular flexibility index (Phi) is 7.00. The number of aliphatic hydroxyl groups excluding tert-OH is 1. The molecule has 0 aromatic rings. The van der Waals surface area contributed by atoms with Crippen molar-refractivity contribution in [1.82, 2.24) is 0 Å². The summed E-state index contributed by atoms with van der Waals surface area (Å²) in [6.45, 7) is 4.86. The number of ketones is 1. The second-order valence-electron chi connectivity index (χ2n) is 2.81. The summed E-state index contributed by atoms with van der Waals surface area (Å²) in [5.74, 6) is 0.116. The molecule has 0 aromatic heterocycles. The lowest BCUT2D eigenvalue weighted by Gasteiger charge is -2.11. The Bertz CT molecular complexity index is 123. The number of ether oxygens (including phenoxy) is 1. The first-order chi connectivity index (χ1) is 5.72.